The molecule has 3 aromatic rings. The third kappa shape index (κ3) is 5.82. The molecular formula is C21H22ClNO5S. The summed E-state index contributed by atoms with van der Waals surface area (Å²) in [5, 5.41) is 9.17. The van der Waals surface area contributed by atoms with Crippen molar-refractivity contribution in [2.75, 3.05) is 13.2 Å². The second-order valence-corrected chi connectivity index (χ2v) is 8.07. The van der Waals surface area contributed by atoms with E-state index in [1.807, 2.05) is 43.3 Å². The molecule has 0 unspecified atom stereocenters. The topological polar surface area (TPSA) is 81.8 Å². The molecule has 1 atom stereocenters. The van der Waals surface area contributed by atoms with Crippen LogP contribution in [0.3, 0.4) is 0 Å². The minimum Gasteiger partial charge on any atom is -0.493 e. The van der Waals surface area contributed by atoms with Gasteiger partial charge >= 0.3 is 5.97 Å². The van der Waals surface area contributed by atoms with E-state index >= 15 is 0 Å². The zero-order valence-corrected chi connectivity index (χ0v) is 17.8. The molecule has 0 saturated carbocycles. The summed E-state index contributed by atoms with van der Waals surface area (Å²) in [5.74, 6) is 1.09. The Morgan fingerprint density at radius 3 is 2.66 bits per heavy atom. The van der Waals surface area contributed by atoms with E-state index in [0.717, 1.165) is 21.9 Å². The number of carbonyl (C=O) groups is 1. The maximum Gasteiger partial charge on any atom is 0.333 e. The minimum absolute atomic E-state index is 0.317. The van der Waals surface area contributed by atoms with Gasteiger partial charge in [-0.25, -0.2) is 9.78 Å². The van der Waals surface area contributed by atoms with E-state index in [4.69, 9.17) is 25.5 Å². The van der Waals surface area contributed by atoms with Crippen molar-refractivity contribution in [3.63, 3.8) is 0 Å². The molecule has 0 aliphatic carbocycles. The van der Waals surface area contributed by atoms with Gasteiger partial charge in [-0.1, -0.05) is 23.7 Å². The zero-order chi connectivity index (χ0) is 20.8. The molecule has 0 spiro atoms. The Morgan fingerprint density at radius 1 is 1.28 bits per heavy atom. The summed E-state index contributed by atoms with van der Waals surface area (Å²) < 4.78 is 17.5. The van der Waals surface area contributed by atoms with Crippen molar-refractivity contribution in [3.8, 4) is 16.5 Å². The van der Waals surface area contributed by atoms with E-state index in [1.165, 1.54) is 11.3 Å². The van der Waals surface area contributed by atoms with Gasteiger partial charge in [0, 0.05) is 19.4 Å². The number of ether oxygens (including phenoxy) is 2. The Morgan fingerprint density at radius 2 is 2.03 bits per heavy atom. The van der Waals surface area contributed by atoms with Gasteiger partial charge in [-0.05, 0) is 43.7 Å². The molecule has 0 bridgehead atoms. The number of hydrogen-bond donors (Lipinski definition) is 1. The number of thiophene rings is 1. The first-order chi connectivity index (χ1) is 14.0. The number of nitrogens with zero attached hydrogens (tertiary/aromatic N) is 1. The summed E-state index contributed by atoms with van der Waals surface area (Å²) in [6, 6.07) is 11.1. The molecule has 1 N–H and O–H groups in total. The number of aliphatic carboxylic acids is 1. The van der Waals surface area contributed by atoms with Crippen LogP contribution in [0, 0.1) is 6.92 Å². The predicted molar refractivity (Wildman–Crippen MR) is 112 cm³/mol. The van der Waals surface area contributed by atoms with E-state index in [-0.39, 0.29) is 0 Å². The standard InChI is InChI=1S/C21H22ClNO5S/c1-3-26-17(21(24)25)12-14-4-6-15(7-5-14)27-11-10-16-13(2)28-20(23-16)18-8-9-19(22)29-18/h4-9,17H,3,10-12H2,1-2H3,(H,24,25)/t17-/m0/s1. The number of aromatic nitrogens is 1. The van der Waals surface area contributed by atoms with E-state index in [9.17, 15) is 9.90 Å². The van der Waals surface area contributed by atoms with Gasteiger partial charge in [0.15, 0.2) is 6.10 Å². The lowest BCUT2D eigenvalue weighted by atomic mass is 10.1. The Bertz CT molecular complexity index is 950. The van der Waals surface area contributed by atoms with Gasteiger partial charge in [0.25, 0.3) is 0 Å². The number of carboxylic acid groups (broad SMARTS) is 1. The number of oxazole rings is 1. The van der Waals surface area contributed by atoms with E-state index in [1.54, 1.807) is 6.92 Å². The lowest BCUT2D eigenvalue weighted by Crippen LogP contribution is -2.26. The van der Waals surface area contributed by atoms with Crippen molar-refractivity contribution < 1.29 is 23.8 Å². The van der Waals surface area contributed by atoms with Gasteiger partial charge in [0.1, 0.15) is 11.5 Å². The number of benzene rings is 1. The number of hydrogen-bond acceptors (Lipinski definition) is 6. The summed E-state index contributed by atoms with van der Waals surface area (Å²) in [4.78, 5) is 16.6. The number of aryl methyl sites for hydroxylation is 1. The number of halogens is 1. The van der Waals surface area contributed by atoms with Crippen LogP contribution in [0.2, 0.25) is 4.34 Å². The molecule has 2 heterocycles. The molecule has 3 rings (SSSR count). The van der Waals surface area contributed by atoms with Crippen molar-refractivity contribution in [3.05, 3.63) is 57.8 Å². The maximum absolute atomic E-state index is 11.2. The lowest BCUT2D eigenvalue weighted by molar-refractivity contribution is -0.149. The molecule has 0 amide bonds. The van der Waals surface area contributed by atoms with Gasteiger partial charge in [0.2, 0.25) is 5.89 Å². The van der Waals surface area contributed by atoms with Crippen molar-refractivity contribution in [1.82, 2.24) is 4.98 Å². The van der Waals surface area contributed by atoms with Crippen molar-refractivity contribution >= 4 is 28.9 Å². The normalized spacial score (nSPS) is 12.1. The summed E-state index contributed by atoms with van der Waals surface area (Å²) >= 11 is 7.40. The molecule has 1 aromatic carbocycles. The zero-order valence-electron chi connectivity index (χ0n) is 16.2. The third-order valence-electron chi connectivity index (χ3n) is 4.27. The smallest absolute Gasteiger partial charge is 0.333 e. The van der Waals surface area contributed by atoms with Crippen LogP contribution < -0.4 is 4.74 Å². The van der Waals surface area contributed by atoms with Crippen LogP contribution in [0.4, 0.5) is 0 Å². The molecule has 0 saturated heterocycles. The van der Waals surface area contributed by atoms with Crippen molar-refractivity contribution in [1.29, 1.82) is 0 Å². The highest BCUT2D eigenvalue weighted by Crippen LogP contribution is 2.31. The molecule has 0 fully saturated rings. The fraction of sp³-hybridized carbons (Fsp3) is 0.333. The third-order valence-corrected chi connectivity index (χ3v) is 5.49. The molecule has 6 nitrogen and oxygen atoms in total. The van der Waals surface area contributed by atoms with E-state index < -0.39 is 12.1 Å². The molecule has 0 radical (unpaired) electrons. The fourth-order valence-corrected chi connectivity index (χ4v) is 3.78. The molecule has 2 aromatic heterocycles. The average molecular weight is 436 g/mol. The van der Waals surface area contributed by atoms with Crippen LogP contribution in [-0.4, -0.2) is 35.4 Å². The van der Waals surface area contributed by atoms with Gasteiger partial charge in [-0.15, -0.1) is 11.3 Å². The SMILES string of the molecule is CCO[C@@H](Cc1ccc(OCCc2nc(-c3ccc(Cl)s3)oc2C)cc1)C(=O)O. The summed E-state index contributed by atoms with van der Waals surface area (Å²) in [6.07, 6.45) is 0.0907. The van der Waals surface area contributed by atoms with Crippen LogP contribution in [0.1, 0.15) is 23.9 Å². The van der Waals surface area contributed by atoms with Crippen LogP contribution in [0.5, 0.6) is 5.75 Å². The van der Waals surface area contributed by atoms with Crippen molar-refractivity contribution in [2.24, 2.45) is 0 Å². The van der Waals surface area contributed by atoms with Crippen LogP contribution >= 0.6 is 22.9 Å². The predicted octanol–water partition coefficient (Wildman–Crippen LogP) is 5.02. The van der Waals surface area contributed by atoms with E-state index in [2.05, 4.69) is 4.98 Å². The summed E-state index contributed by atoms with van der Waals surface area (Å²) in [7, 11) is 0. The Labute approximate surface area is 178 Å². The monoisotopic (exact) mass is 435 g/mol. The average Bonchev–Trinajstić information content (AvgIpc) is 3.28. The second-order valence-electron chi connectivity index (χ2n) is 6.35. The molecule has 154 valence electrons. The first kappa shape index (κ1) is 21.4. The van der Waals surface area contributed by atoms with Gasteiger partial charge in [-0.3, -0.25) is 0 Å². The molecule has 29 heavy (non-hydrogen) atoms. The minimum atomic E-state index is -0.959. The van der Waals surface area contributed by atoms with Gasteiger partial charge in [-0.2, -0.15) is 0 Å². The lowest BCUT2D eigenvalue weighted by Gasteiger charge is -2.12. The van der Waals surface area contributed by atoms with Crippen LogP contribution in [0.25, 0.3) is 10.8 Å². The second kappa shape index (κ2) is 9.91. The summed E-state index contributed by atoms with van der Waals surface area (Å²) in [6.45, 7) is 4.48. The van der Waals surface area contributed by atoms with Crippen LogP contribution in [0.15, 0.2) is 40.8 Å². The molecule has 8 heteroatoms. The Kier molecular flexibility index (Phi) is 7.30. The van der Waals surface area contributed by atoms with Crippen molar-refractivity contribution in [2.45, 2.75) is 32.8 Å². The molecular weight excluding hydrogens is 414 g/mol. The quantitative estimate of drug-likeness (QED) is 0.481. The maximum atomic E-state index is 11.2. The first-order valence-electron chi connectivity index (χ1n) is 9.24. The number of carboxylic acids is 1. The first-order valence-corrected chi connectivity index (χ1v) is 10.4. The summed E-state index contributed by atoms with van der Waals surface area (Å²) in [5.41, 5.74) is 1.73. The molecule has 0 aliphatic heterocycles. The highest BCUT2D eigenvalue weighted by atomic mass is 35.5. The fourth-order valence-electron chi connectivity index (χ4n) is 2.81. The molecule has 0 aliphatic rings. The Hall–Kier alpha value is -2.35. The van der Waals surface area contributed by atoms with Gasteiger partial charge < -0.3 is 19.0 Å². The highest BCUT2D eigenvalue weighted by molar-refractivity contribution is 7.19. The van der Waals surface area contributed by atoms with Gasteiger partial charge in [0.05, 0.1) is 21.5 Å². The van der Waals surface area contributed by atoms with Crippen LogP contribution in [-0.2, 0) is 22.4 Å². The highest BCUT2D eigenvalue weighted by Gasteiger charge is 2.18. The Balaban J connectivity index is 1.53. The van der Waals surface area contributed by atoms with E-state index in [0.29, 0.717) is 42.0 Å². The number of rotatable bonds is 10. The largest absolute Gasteiger partial charge is 0.493 e.